The van der Waals surface area contributed by atoms with Gasteiger partial charge in [-0.2, -0.15) is 0 Å². The minimum atomic E-state index is -0.670. The van der Waals surface area contributed by atoms with Crippen LogP contribution in [0.25, 0.3) is 0 Å². The lowest BCUT2D eigenvalue weighted by molar-refractivity contribution is -0.116. The van der Waals surface area contributed by atoms with Gasteiger partial charge in [-0.1, -0.05) is 24.3 Å². The highest BCUT2D eigenvalue weighted by molar-refractivity contribution is 6.10. The fourth-order valence-corrected chi connectivity index (χ4v) is 4.49. The van der Waals surface area contributed by atoms with E-state index in [1.165, 1.54) is 26.4 Å². The Morgan fingerprint density at radius 3 is 2.59 bits per heavy atom. The molecule has 0 saturated carbocycles. The zero-order chi connectivity index (χ0) is 22.8. The first kappa shape index (κ1) is 21.6. The van der Waals surface area contributed by atoms with Crippen LogP contribution in [-0.4, -0.2) is 25.9 Å². The third-order valence-corrected chi connectivity index (χ3v) is 5.89. The summed E-state index contributed by atoms with van der Waals surface area (Å²) in [7, 11) is 3.06. The van der Waals surface area contributed by atoms with Gasteiger partial charge in [0.1, 0.15) is 5.82 Å². The first-order valence-corrected chi connectivity index (χ1v) is 10.5. The average Bonchev–Trinajstić information content (AvgIpc) is 2.79. The molecule has 7 heteroatoms. The molecule has 0 unspecified atom stereocenters. The lowest BCUT2D eigenvalue weighted by Gasteiger charge is -2.35. The zero-order valence-corrected chi connectivity index (χ0v) is 18.3. The SMILES string of the molecule is COc1cccc([C@@H]2C(C(=O)Nc3ccccc3F)=C(C)NC3=C2C(=O)CCC3)c1OC. The molecule has 2 aliphatic rings. The second-order valence-electron chi connectivity index (χ2n) is 7.78. The van der Waals surface area contributed by atoms with Gasteiger partial charge in [0.05, 0.1) is 25.8 Å². The van der Waals surface area contributed by atoms with Crippen molar-refractivity contribution in [2.24, 2.45) is 0 Å². The van der Waals surface area contributed by atoms with Crippen molar-refractivity contribution in [3.63, 3.8) is 0 Å². The van der Waals surface area contributed by atoms with Gasteiger partial charge in [-0.15, -0.1) is 0 Å². The molecule has 4 rings (SSSR count). The number of hydrogen-bond donors (Lipinski definition) is 2. The molecule has 0 radical (unpaired) electrons. The van der Waals surface area contributed by atoms with E-state index in [0.717, 1.165) is 12.1 Å². The van der Waals surface area contributed by atoms with Crippen LogP contribution in [0, 0.1) is 5.82 Å². The van der Waals surface area contributed by atoms with Crippen LogP contribution in [0.1, 0.15) is 37.7 Å². The number of carbonyl (C=O) groups excluding carboxylic acids is 2. The van der Waals surface area contributed by atoms with E-state index in [0.29, 0.717) is 46.7 Å². The molecule has 1 atom stereocenters. The number of halogens is 1. The van der Waals surface area contributed by atoms with E-state index in [4.69, 9.17) is 9.47 Å². The lowest BCUT2D eigenvalue weighted by Crippen LogP contribution is -2.35. The lowest BCUT2D eigenvalue weighted by atomic mass is 9.74. The number of amides is 1. The number of allylic oxidation sites excluding steroid dienone is 3. The van der Waals surface area contributed by atoms with Crippen LogP contribution in [0.15, 0.2) is 65.0 Å². The summed E-state index contributed by atoms with van der Waals surface area (Å²) in [5, 5.41) is 5.93. The summed E-state index contributed by atoms with van der Waals surface area (Å²) in [5.74, 6) is -0.753. The molecule has 2 aromatic rings. The monoisotopic (exact) mass is 436 g/mol. The number of dihydropyridines is 1. The highest BCUT2D eigenvalue weighted by Crippen LogP contribution is 2.47. The van der Waals surface area contributed by atoms with Crippen molar-refractivity contribution in [1.82, 2.24) is 5.32 Å². The van der Waals surface area contributed by atoms with E-state index < -0.39 is 17.6 Å². The van der Waals surface area contributed by atoms with E-state index in [1.54, 1.807) is 31.2 Å². The number of ketones is 1. The second kappa shape index (κ2) is 8.86. The van der Waals surface area contributed by atoms with Crippen LogP contribution < -0.4 is 20.1 Å². The van der Waals surface area contributed by atoms with Crippen LogP contribution in [0.2, 0.25) is 0 Å². The van der Waals surface area contributed by atoms with E-state index >= 15 is 0 Å². The third kappa shape index (κ3) is 3.75. The molecule has 0 saturated heterocycles. The van der Waals surface area contributed by atoms with E-state index in [9.17, 15) is 14.0 Å². The van der Waals surface area contributed by atoms with Crippen LogP contribution in [-0.2, 0) is 9.59 Å². The normalized spacial score (nSPS) is 18.1. The van der Waals surface area contributed by atoms with E-state index in [2.05, 4.69) is 10.6 Å². The Morgan fingerprint density at radius 1 is 1.09 bits per heavy atom. The maximum atomic E-state index is 14.2. The van der Waals surface area contributed by atoms with Crippen LogP contribution in [0.5, 0.6) is 11.5 Å². The Balaban J connectivity index is 1.87. The topological polar surface area (TPSA) is 76.7 Å². The third-order valence-electron chi connectivity index (χ3n) is 5.89. The van der Waals surface area contributed by atoms with E-state index in [1.807, 2.05) is 6.07 Å². The molecule has 0 spiro atoms. The van der Waals surface area contributed by atoms with Gasteiger partial charge in [0.2, 0.25) is 0 Å². The predicted molar refractivity (Wildman–Crippen MR) is 119 cm³/mol. The van der Waals surface area contributed by atoms with Gasteiger partial charge in [0.15, 0.2) is 17.3 Å². The first-order valence-electron chi connectivity index (χ1n) is 10.5. The smallest absolute Gasteiger partial charge is 0.254 e. The molecule has 1 aliphatic carbocycles. The molecule has 6 nitrogen and oxygen atoms in total. The molecular weight excluding hydrogens is 411 g/mol. The maximum absolute atomic E-state index is 14.2. The minimum Gasteiger partial charge on any atom is -0.493 e. The number of nitrogens with one attached hydrogen (secondary N) is 2. The standard InChI is InChI=1S/C25H25FN2O4/c1-14-21(25(30)28-17-10-5-4-9-16(17)26)22(23-18(27-14)11-7-12-19(23)29)15-8-6-13-20(31-2)24(15)32-3/h4-6,8-10,13,22,27H,7,11-12H2,1-3H3,(H,28,30)/t22-/m1/s1. The summed E-state index contributed by atoms with van der Waals surface area (Å²) in [6, 6.07) is 11.4. The van der Waals surface area contributed by atoms with Gasteiger partial charge < -0.3 is 20.1 Å². The van der Waals surface area contributed by atoms with Crippen LogP contribution in [0.4, 0.5) is 10.1 Å². The largest absolute Gasteiger partial charge is 0.493 e. The number of rotatable bonds is 5. The summed E-state index contributed by atoms with van der Waals surface area (Å²) in [6.45, 7) is 1.79. The quantitative estimate of drug-likeness (QED) is 0.724. The summed E-state index contributed by atoms with van der Waals surface area (Å²) < 4.78 is 25.3. The van der Waals surface area contributed by atoms with Gasteiger partial charge in [0.25, 0.3) is 5.91 Å². The first-order chi connectivity index (χ1) is 15.5. The van der Waals surface area contributed by atoms with Gasteiger partial charge in [-0.05, 0) is 38.0 Å². The minimum absolute atomic E-state index is 0.0164. The van der Waals surface area contributed by atoms with Crippen molar-refractivity contribution in [2.75, 3.05) is 19.5 Å². The fraction of sp³-hybridized carbons (Fsp3) is 0.280. The molecule has 2 aromatic carbocycles. The van der Waals surface area contributed by atoms with Gasteiger partial charge in [0, 0.05) is 34.5 Å². The number of ether oxygens (including phenoxy) is 2. The zero-order valence-electron chi connectivity index (χ0n) is 18.3. The number of hydrogen-bond acceptors (Lipinski definition) is 5. The second-order valence-corrected chi connectivity index (χ2v) is 7.78. The van der Waals surface area contributed by atoms with Gasteiger partial charge in [-0.25, -0.2) is 4.39 Å². The number of para-hydroxylation sites is 2. The van der Waals surface area contributed by atoms with Crippen LogP contribution >= 0.6 is 0 Å². The van der Waals surface area contributed by atoms with Crippen molar-refractivity contribution in [1.29, 1.82) is 0 Å². The predicted octanol–water partition coefficient (Wildman–Crippen LogP) is 4.45. The van der Waals surface area contributed by atoms with Crippen molar-refractivity contribution in [2.45, 2.75) is 32.1 Å². The number of anilines is 1. The Bertz CT molecular complexity index is 1150. The van der Waals surface area contributed by atoms with Crippen molar-refractivity contribution < 1.29 is 23.5 Å². The molecule has 1 amide bonds. The summed E-state index contributed by atoms with van der Waals surface area (Å²) in [5.41, 5.74) is 3.04. The maximum Gasteiger partial charge on any atom is 0.254 e. The molecular formula is C25H25FN2O4. The number of Topliss-reactive ketones (excluding diaryl/α,β-unsaturated/α-hetero) is 1. The van der Waals surface area contributed by atoms with Crippen LogP contribution in [0.3, 0.4) is 0 Å². The Labute approximate surface area is 186 Å². The van der Waals surface area contributed by atoms with Gasteiger partial charge >= 0.3 is 0 Å². The summed E-state index contributed by atoms with van der Waals surface area (Å²) in [6.07, 6.45) is 1.87. The summed E-state index contributed by atoms with van der Waals surface area (Å²) in [4.78, 5) is 26.5. The molecule has 0 bridgehead atoms. The molecule has 0 aromatic heterocycles. The average molecular weight is 436 g/mol. The number of carbonyl (C=O) groups is 2. The number of benzene rings is 2. The van der Waals surface area contributed by atoms with Crippen molar-refractivity contribution in [3.8, 4) is 11.5 Å². The Hall–Kier alpha value is -3.61. The van der Waals surface area contributed by atoms with Crippen molar-refractivity contribution in [3.05, 3.63) is 76.4 Å². The highest BCUT2D eigenvalue weighted by Gasteiger charge is 2.40. The Kier molecular flexibility index (Phi) is 5.99. The van der Waals surface area contributed by atoms with Crippen molar-refractivity contribution >= 4 is 17.4 Å². The fourth-order valence-electron chi connectivity index (χ4n) is 4.49. The summed E-state index contributed by atoms with van der Waals surface area (Å²) >= 11 is 0. The van der Waals surface area contributed by atoms with Gasteiger partial charge in [-0.3, -0.25) is 9.59 Å². The molecule has 2 N–H and O–H groups in total. The highest BCUT2D eigenvalue weighted by atomic mass is 19.1. The van der Waals surface area contributed by atoms with E-state index in [-0.39, 0.29) is 11.5 Å². The molecule has 32 heavy (non-hydrogen) atoms. The molecule has 166 valence electrons. The Morgan fingerprint density at radius 2 is 1.88 bits per heavy atom. The molecule has 0 fully saturated rings. The molecule has 1 aliphatic heterocycles. The number of methoxy groups -OCH3 is 2. The molecule has 1 heterocycles.